The molecule has 0 heterocycles. The molecule has 0 aromatic rings. The number of carbonyl (C=O) groups is 5. The summed E-state index contributed by atoms with van der Waals surface area (Å²) < 4.78 is 0. The molecule has 0 aromatic heterocycles. The molecule has 42 heavy (non-hydrogen) atoms. The molecule has 0 aliphatic carbocycles. The number of allylic oxidation sites excluding steroid dienone is 2. The van der Waals surface area contributed by atoms with E-state index in [9.17, 15) is 24.0 Å². The predicted octanol–water partition coefficient (Wildman–Crippen LogP) is 4.69. The first kappa shape index (κ1) is 39.3. The molecule has 1 unspecified atom stereocenters. The van der Waals surface area contributed by atoms with Crippen LogP contribution in [0.4, 0.5) is 0 Å². The van der Waals surface area contributed by atoms with Crippen molar-refractivity contribution >= 4 is 29.9 Å². The molecule has 0 aliphatic rings. The Morgan fingerprint density at radius 3 is 1.83 bits per heavy atom. The molecule has 0 fully saturated rings. The van der Waals surface area contributed by atoms with E-state index in [0.29, 0.717) is 37.9 Å². The zero-order chi connectivity index (χ0) is 32.7. The number of aldehydes is 1. The third kappa shape index (κ3) is 12.7. The van der Waals surface area contributed by atoms with Gasteiger partial charge in [-0.3, -0.25) is 19.2 Å². The number of hydrogen-bond acceptors (Lipinski definition) is 5. The Labute approximate surface area is 255 Å². The van der Waals surface area contributed by atoms with Crippen LogP contribution in [0.25, 0.3) is 0 Å². The number of rotatable bonds is 19. The molecule has 0 rings (SSSR count). The van der Waals surface area contributed by atoms with Crippen LogP contribution in [0.2, 0.25) is 0 Å². The average Bonchev–Trinajstić information content (AvgIpc) is 2.93. The number of likely N-dealkylation sites (N-methyl/N-ethyl adjacent to an activating group) is 3. The van der Waals surface area contributed by atoms with Crippen LogP contribution in [0, 0.1) is 23.7 Å². The Morgan fingerprint density at radius 2 is 1.38 bits per heavy atom. The van der Waals surface area contributed by atoms with Gasteiger partial charge in [0.2, 0.25) is 23.6 Å². The first-order valence-corrected chi connectivity index (χ1v) is 15.7. The molecule has 0 saturated heterocycles. The maximum absolute atomic E-state index is 14.1. The van der Waals surface area contributed by atoms with Crippen molar-refractivity contribution in [3.8, 4) is 0 Å². The minimum atomic E-state index is -0.842. The van der Waals surface area contributed by atoms with Crippen molar-refractivity contribution in [2.45, 2.75) is 125 Å². The second-order valence-corrected chi connectivity index (χ2v) is 13.0. The fourth-order valence-electron chi connectivity index (χ4n) is 5.06. The summed E-state index contributed by atoms with van der Waals surface area (Å²) >= 11 is 0. The van der Waals surface area contributed by atoms with Crippen molar-refractivity contribution in [1.29, 1.82) is 0 Å². The Kier molecular flexibility index (Phi) is 18.2. The first-order valence-electron chi connectivity index (χ1n) is 15.7. The lowest BCUT2D eigenvalue weighted by Gasteiger charge is -2.39. The standard InChI is InChI=1S/C33H60N4O5/c1-13-15-16-25(9)20-27(31(40)34-26(14-2)21-38)36(11)33(42)30(24(7)8)37(12)32(41)28(19-23(5)6)35(10)29(39)18-17-22(3)4/h13,15,21-28,30H,14,16-20H2,1-12H3,(H,34,40)/b15-13+/t25-,26+,27+,28?,30+/m1/s1. The van der Waals surface area contributed by atoms with Crippen molar-refractivity contribution in [3.05, 3.63) is 12.2 Å². The van der Waals surface area contributed by atoms with Crippen molar-refractivity contribution in [2.75, 3.05) is 21.1 Å². The lowest BCUT2D eigenvalue weighted by atomic mass is 9.94. The van der Waals surface area contributed by atoms with E-state index in [2.05, 4.69) is 19.2 Å². The molecule has 0 bridgehead atoms. The first-order chi connectivity index (χ1) is 19.5. The molecular formula is C33H60N4O5. The molecule has 0 saturated carbocycles. The van der Waals surface area contributed by atoms with Gasteiger partial charge >= 0.3 is 0 Å². The Bertz CT molecular complexity index is 901. The number of nitrogens with one attached hydrogen (secondary N) is 1. The molecule has 4 amide bonds. The van der Waals surface area contributed by atoms with Crippen LogP contribution in [-0.2, 0) is 24.0 Å². The summed E-state index contributed by atoms with van der Waals surface area (Å²) in [5.74, 6) is -0.754. The van der Waals surface area contributed by atoms with E-state index in [1.54, 1.807) is 21.1 Å². The van der Waals surface area contributed by atoms with E-state index in [0.717, 1.165) is 12.8 Å². The van der Waals surface area contributed by atoms with Gasteiger partial charge in [0.1, 0.15) is 24.4 Å². The van der Waals surface area contributed by atoms with Gasteiger partial charge in [0.05, 0.1) is 6.04 Å². The Hall–Kier alpha value is -2.71. The maximum atomic E-state index is 14.1. The average molecular weight is 593 g/mol. The van der Waals surface area contributed by atoms with E-state index in [1.807, 2.05) is 60.6 Å². The van der Waals surface area contributed by atoms with E-state index in [1.165, 1.54) is 14.7 Å². The lowest BCUT2D eigenvalue weighted by Crippen LogP contribution is -2.59. The molecule has 0 spiro atoms. The van der Waals surface area contributed by atoms with Crippen LogP contribution in [0.3, 0.4) is 0 Å². The summed E-state index contributed by atoms with van der Waals surface area (Å²) in [4.78, 5) is 70.4. The largest absolute Gasteiger partial charge is 0.345 e. The SMILES string of the molecule is C/C=C/C[C@@H](C)C[C@@H](C(=O)N[C@H](C=O)CC)N(C)C(=O)[C@H](C(C)C)N(C)C(=O)C(CC(C)C)N(C)C(=O)CCC(C)C. The van der Waals surface area contributed by atoms with E-state index < -0.39 is 24.2 Å². The zero-order valence-electron chi connectivity index (χ0n) is 28.5. The number of carbonyl (C=O) groups excluding carboxylic acids is 5. The molecule has 0 aliphatic heterocycles. The quantitative estimate of drug-likeness (QED) is 0.173. The normalized spacial score (nSPS) is 15.3. The zero-order valence-corrected chi connectivity index (χ0v) is 28.5. The second-order valence-electron chi connectivity index (χ2n) is 13.0. The molecule has 0 aromatic carbocycles. The van der Waals surface area contributed by atoms with E-state index in [4.69, 9.17) is 0 Å². The smallest absolute Gasteiger partial charge is 0.246 e. The van der Waals surface area contributed by atoms with Gasteiger partial charge in [0.15, 0.2) is 0 Å². The van der Waals surface area contributed by atoms with Gasteiger partial charge < -0.3 is 24.8 Å². The summed E-state index contributed by atoms with van der Waals surface area (Å²) in [5.41, 5.74) is 0. The summed E-state index contributed by atoms with van der Waals surface area (Å²) in [5, 5.41) is 2.78. The summed E-state index contributed by atoms with van der Waals surface area (Å²) in [6.45, 7) is 17.6. The minimum absolute atomic E-state index is 0.0897. The third-order valence-electron chi connectivity index (χ3n) is 7.87. The molecule has 9 heteroatoms. The van der Waals surface area contributed by atoms with Gasteiger partial charge in [-0.15, -0.1) is 0 Å². The van der Waals surface area contributed by atoms with Gasteiger partial charge in [-0.05, 0) is 62.7 Å². The van der Waals surface area contributed by atoms with Gasteiger partial charge in [0.25, 0.3) is 0 Å². The molecule has 242 valence electrons. The van der Waals surface area contributed by atoms with Crippen LogP contribution in [0.15, 0.2) is 12.2 Å². The van der Waals surface area contributed by atoms with Crippen LogP contribution in [0.5, 0.6) is 0 Å². The molecular weight excluding hydrogens is 532 g/mol. The van der Waals surface area contributed by atoms with Crippen LogP contribution in [-0.4, -0.2) is 89.9 Å². The predicted molar refractivity (Wildman–Crippen MR) is 170 cm³/mol. The van der Waals surface area contributed by atoms with E-state index in [-0.39, 0.29) is 41.4 Å². The molecule has 9 nitrogen and oxygen atoms in total. The number of amides is 4. The van der Waals surface area contributed by atoms with Crippen molar-refractivity contribution in [2.24, 2.45) is 23.7 Å². The third-order valence-corrected chi connectivity index (χ3v) is 7.87. The van der Waals surface area contributed by atoms with Gasteiger partial charge in [0, 0.05) is 27.6 Å². The minimum Gasteiger partial charge on any atom is -0.345 e. The van der Waals surface area contributed by atoms with Crippen molar-refractivity contribution < 1.29 is 24.0 Å². The molecule has 1 N–H and O–H groups in total. The highest BCUT2D eigenvalue weighted by Crippen LogP contribution is 2.23. The van der Waals surface area contributed by atoms with E-state index >= 15 is 0 Å². The van der Waals surface area contributed by atoms with Crippen LogP contribution in [0.1, 0.15) is 101 Å². The molecule has 0 radical (unpaired) electrons. The molecule has 5 atom stereocenters. The summed E-state index contributed by atoms with van der Waals surface area (Å²) in [7, 11) is 4.88. The van der Waals surface area contributed by atoms with Crippen LogP contribution < -0.4 is 5.32 Å². The highest BCUT2D eigenvalue weighted by molar-refractivity contribution is 5.94. The maximum Gasteiger partial charge on any atom is 0.246 e. The highest BCUT2D eigenvalue weighted by Gasteiger charge is 2.40. The van der Waals surface area contributed by atoms with Crippen molar-refractivity contribution in [1.82, 2.24) is 20.0 Å². The highest BCUT2D eigenvalue weighted by atomic mass is 16.2. The monoisotopic (exact) mass is 592 g/mol. The van der Waals surface area contributed by atoms with Gasteiger partial charge in [-0.2, -0.15) is 0 Å². The second kappa shape index (κ2) is 19.5. The van der Waals surface area contributed by atoms with Gasteiger partial charge in [-0.1, -0.05) is 67.5 Å². The number of hydrogen-bond donors (Lipinski definition) is 1. The topological polar surface area (TPSA) is 107 Å². The Balaban J connectivity index is 6.30. The van der Waals surface area contributed by atoms with Gasteiger partial charge in [-0.25, -0.2) is 0 Å². The van der Waals surface area contributed by atoms with Crippen molar-refractivity contribution in [3.63, 3.8) is 0 Å². The summed E-state index contributed by atoms with van der Waals surface area (Å²) in [6.07, 6.45) is 7.84. The van der Waals surface area contributed by atoms with Crippen LogP contribution >= 0.6 is 0 Å². The fourth-order valence-corrected chi connectivity index (χ4v) is 5.06. The lowest BCUT2D eigenvalue weighted by molar-refractivity contribution is -0.153. The fraction of sp³-hybridized carbons (Fsp3) is 0.788. The summed E-state index contributed by atoms with van der Waals surface area (Å²) in [6, 6.07) is -3.00. The Morgan fingerprint density at radius 1 is 0.786 bits per heavy atom. The number of nitrogens with zero attached hydrogens (tertiary/aromatic N) is 3.